The zero-order valence-electron chi connectivity index (χ0n) is 18.4. The Morgan fingerprint density at radius 2 is 1.87 bits per heavy atom. The predicted molar refractivity (Wildman–Crippen MR) is 130 cm³/mol. The number of ether oxygens (including phenoxy) is 1. The normalized spacial score (nSPS) is 18.1. The van der Waals surface area contributed by atoms with E-state index in [-0.39, 0.29) is 0 Å². The molecule has 1 unspecified atom stereocenters. The summed E-state index contributed by atoms with van der Waals surface area (Å²) in [7, 11) is 1.70. The maximum Gasteiger partial charge on any atom is 0.232 e. The van der Waals surface area contributed by atoms with E-state index in [2.05, 4.69) is 57.7 Å². The number of nitrogens with one attached hydrogen (secondary N) is 2. The van der Waals surface area contributed by atoms with Gasteiger partial charge in [0.05, 0.1) is 0 Å². The predicted octanol–water partition coefficient (Wildman–Crippen LogP) is 3.56. The summed E-state index contributed by atoms with van der Waals surface area (Å²) in [5.41, 5.74) is 2.72. The monoisotopic (exact) mass is 440 g/mol. The highest BCUT2D eigenvalue weighted by atomic mass is 32.1. The minimum atomic E-state index is 0.538. The number of methoxy groups -OCH3 is 1. The third-order valence-corrected chi connectivity index (χ3v) is 6.13. The minimum Gasteiger partial charge on any atom is -0.385 e. The van der Waals surface area contributed by atoms with Gasteiger partial charge in [-0.15, -0.1) is 0 Å². The molecule has 0 spiro atoms. The van der Waals surface area contributed by atoms with E-state index in [1.807, 2.05) is 0 Å². The summed E-state index contributed by atoms with van der Waals surface area (Å²) in [6.45, 7) is 7.54. The molecule has 0 amide bonds. The maximum absolute atomic E-state index is 5.47. The van der Waals surface area contributed by atoms with Crippen molar-refractivity contribution in [1.82, 2.24) is 15.3 Å². The van der Waals surface area contributed by atoms with E-state index < -0.39 is 0 Å². The lowest BCUT2D eigenvalue weighted by atomic mass is 10.0. The standard InChI is InChI=1S/C23H32N6OS/c1-17-7-5-11-28(14-17)20-13-21(29-15-18-8-3-4-9-19(18)16-29)26-22(25-20)27-23(31)24-10-6-12-30-2/h3-4,8-9,13,17H,5-7,10-12,14-16H2,1-2H3,(H2,24,25,26,27,31). The number of thiocarbonyl (C=S) groups is 1. The molecule has 8 heteroatoms. The quantitative estimate of drug-likeness (QED) is 0.501. The van der Waals surface area contributed by atoms with Crippen molar-refractivity contribution in [3.63, 3.8) is 0 Å². The molecule has 2 aliphatic heterocycles. The van der Waals surface area contributed by atoms with Gasteiger partial charge in [0.25, 0.3) is 0 Å². The van der Waals surface area contributed by atoms with Crippen molar-refractivity contribution in [3.8, 4) is 0 Å². The molecule has 0 aliphatic carbocycles. The van der Waals surface area contributed by atoms with Gasteiger partial charge in [-0.1, -0.05) is 31.2 Å². The van der Waals surface area contributed by atoms with Crippen molar-refractivity contribution in [2.75, 3.05) is 48.5 Å². The fraction of sp³-hybridized carbons (Fsp3) is 0.522. The lowest BCUT2D eigenvalue weighted by Crippen LogP contribution is -2.36. The molecule has 1 aromatic carbocycles. The highest BCUT2D eigenvalue weighted by Crippen LogP contribution is 2.31. The first-order chi connectivity index (χ1) is 15.1. The highest BCUT2D eigenvalue weighted by molar-refractivity contribution is 7.80. The molecule has 2 aliphatic rings. The molecule has 2 aromatic rings. The molecular formula is C23H32N6OS. The number of aromatic nitrogens is 2. The van der Waals surface area contributed by atoms with Gasteiger partial charge in [-0.2, -0.15) is 9.97 Å². The largest absolute Gasteiger partial charge is 0.385 e. The molecule has 0 radical (unpaired) electrons. The number of piperidine rings is 1. The van der Waals surface area contributed by atoms with E-state index in [9.17, 15) is 0 Å². The van der Waals surface area contributed by atoms with Crippen LogP contribution in [-0.2, 0) is 17.8 Å². The number of nitrogens with zero attached hydrogens (tertiary/aromatic N) is 4. The first-order valence-electron chi connectivity index (χ1n) is 11.1. The van der Waals surface area contributed by atoms with Crippen LogP contribution in [0.15, 0.2) is 30.3 Å². The molecule has 0 bridgehead atoms. The van der Waals surface area contributed by atoms with Crippen LogP contribution >= 0.6 is 12.2 Å². The Hall–Kier alpha value is -2.45. The summed E-state index contributed by atoms with van der Waals surface area (Å²) in [6.07, 6.45) is 3.36. The number of hydrogen-bond acceptors (Lipinski definition) is 6. The summed E-state index contributed by atoms with van der Waals surface area (Å²) >= 11 is 5.47. The summed E-state index contributed by atoms with van der Waals surface area (Å²) in [5.74, 6) is 3.12. The first kappa shape index (κ1) is 21.8. The third-order valence-electron chi connectivity index (χ3n) is 5.88. The zero-order valence-corrected chi connectivity index (χ0v) is 19.2. The van der Waals surface area contributed by atoms with Gasteiger partial charge in [0, 0.05) is 52.5 Å². The number of rotatable bonds is 7. The van der Waals surface area contributed by atoms with Crippen molar-refractivity contribution >= 4 is 34.9 Å². The summed E-state index contributed by atoms with van der Waals surface area (Å²) in [4.78, 5) is 14.3. The van der Waals surface area contributed by atoms with E-state index in [1.165, 1.54) is 24.0 Å². The van der Waals surface area contributed by atoms with Crippen LogP contribution in [0.3, 0.4) is 0 Å². The van der Waals surface area contributed by atoms with Gasteiger partial charge >= 0.3 is 0 Å². The van der Waals surface area contributed by atoms with E-state index in [0.29, 0.717) is 23.6 Å². The van der Waals surface area contributed by atoms with Gasteiger partial charge < -0.3 is 25.2 Å². The molecule has 0 saturated carbocycles. The van der Waals surface area contributed by atoms with E-state index >= 15 is 0 Å². The molecule has 1 atom stereocenters. The topological polar surface area (TPSA) is 65.6 Å². The van der Waals surface area contributed by atoms with Crippen LogP contribution in [0.25, 0.3) is 0 Å². The molecule has 4 rings (SSSR count). The van der Waals surface area contributed by atoms with Crippen LogP contribution < -0.4 is 20.4 Å². The zero-order chi connectivity index (χ0) is 21.6. The van der Waals surface area contributed by atoms with Crippen LogP contribution in [0.4, 0.5) is 17.6 Å². The second kappa shape index (κ2) is 10.2. The second-order valence-electron chi connectivity index (χ2n) is 8.45. The average molecular weight is 441 g/mol. The Bertz CT molecular complexity index is 882. The number of anilines is 3. The van der Waals surface area contributed by atoms with Gasteiger partial charge in [0.15, 0.2) is 5.11 Å². The second-order valence-corrected chi connectivity index (χ2v) is 8.86. The van der Waals surface area contributed by atoms with Crippen LogP contribution in [0.1, 0.15) is 37.3 Å². The average Bonchev–Trinajstić information content (AvgIpc) is 3.21. The maximum atomic E-state index is 5.47. The Kier molecular flexibility index (Phi) is 7.19. The molecule has 1 fully saturated rings. The van der Waals surface area contributed by atoms with Crippen molar-refractivity contribution < 1.29 is 4.74 Å². The molecule has 7 nitrogen and oxygen atoms in total. The first-order valence-corrected chi connectivity index (χ1v) is 11.5. The van der Waals surface area contributed by atoms with Crippen LogP contribution in [0.2, 0.25) is 0 Å². The van der Waals surface area contributed by atoms with Crippen LogP contribution in [-0.4, -0.2) is 48.4 Å². The Morgan fingerprint density at radius 1 is 1.16 bits per heavy atom. The minimum absolute atomic E-state index is 0.538. The van der Waals surface area contributed by atoms with Crippen molar-refractivity contribution in [2.24, 2.45) is 5.92 Å². The smallest absolute Gasteiger partial charge is 0.232 e. The fourth-order valence-corrected chi connectivity index (χ4v) is 4.45. The lowest BCUT2D eigenvalue weighted by Gasteiger charge is -2.32. The van der Waals surface area contributed by atoms with Gasteiger partial charge in [0.2, 0.25) is 5.95 Å². The third kappa shape index (κ3) is 5.62. The summed E-state index contributed by atoms with van der Waals surface area (Å²) in [5, 5.41) is 6.94. The van der Waals surface area contributed by atoms with Crippen molar-refractivity contribution in [3.05, 3.63) is 41.5 Å². The Morgan fingerprint density at radius 3 is 2.55 bits per heavy atom. The summed E-state index contributed by atoms with van der Waals surface area (Å²) in [6, 6.07) is 10.7. The van der Waals surface area contributed by atoms with Gasteiger partial charge in [-0.05, 0) is 48.5 Å². The Labute approximate surface area is 190 Å². The molecule has 2 N–H and O–H groups in total. The van der Waals surface area contributed by atoms with Crippen LogP contribution in [0, 0.1) is 5.92 Å². The number of fused-ring (bicyclic) bond motifs is 1. The highest BCUT2D eigenvalue weighted by Gasteiger charge is 2.24. The molecule has 1 aromatic heterocycles. The lowest BCUT2D eigenvalue weighted by molar-refractivity contribution is 0.196. The van der Waals surface area contributed by atoms with Gasteiger partial charge in [0.1, 0.15) is 11.6 Å². The van der Waals surface area contributed by atoms with Crippen molar-refractivity contribution in [1.29, 1.82) is 0 Å². The molecule has 3 heterocycles. The molecular weight excluding hydrogens is 408 g/mol. The van der Waals surface area contributed by atoms with Crippen LogP contribution in [0.5, 0.6) is 0 Å². The SMILES string of the molecule is COCCCNC(=S)Nc1nc(N2Cc3ccccc3C2)cc(N2CCCC(C)C2)n1. The molecule has 1 saturated heterocycles. The number of hydrogen-bond donors (Lipinski definition) is 2. The number of benzene rings is 1. The van der Waals surface area contributed by atoms with Crippen molar-refractivity contribution in [2.45, 2.75) is 39.3 Å². The molecule has 31 heavy (non-hydrogen) atoms. The Balaban J connectivity index is 1.53. The van der Waals surface area contributed by atoms with E-state index in [4.69, 9.17) is 26.9 Å². The van der Waals surface area contributed by atoms with E-state index in [1.54, 1.807) is 7.11 Å². The van der Waals surface area contributed by atoms with Gasteiger partial charge in [-0.3, -0.25) is 0 Å². The fourth-order valence-electron chi connectivity index (χ4n) is 4.26. The van der Waals surface area contributed by atoms with E-state index in [0.717, 1.165) is 50.8 Å². The molecule has 166 valence electrons. The van der Waals surface area contributed by atoms with Gasteiger partial charge in [-0.25, -0.2) is 0 Å². The summed E-state index contributed by atoms with van der Waals surface area (Å²) < 4.78 is 5.09.